The van der Waals surface area contributed by atoms with Crippen LogP contribution in [-0.4, -0.2) is 29.1 Å². The molecule has 0 unspecified atom stereocenters. The van der Waals surface area contributed by atoms with Gasteiger partial charge < -0.3 is 0 Å². The van der Waals surface area contributed by atoms with E-state index in [1.807, 2.05) is 25.1 Å². The van der Waals surface area contributed by atoms with Crippen LogP contribution in [0.1, 0.15) is 30.0 Å². The summed E-state index contributed by atoms with van der Waals surface area (Å²) in [5.41, 5.74) is 3.67. The van der Waals surface area contributed by atoms with E-state index in [1.54, 1.807) is 31.2 Å². The number of rotatable bonds is 6. The average Bonchev–Trinajstić information content (AvgIpc) is 2.60. The van der Waals surface area contributed by atoms with Crippen LogP contribution in [0.25, 0.3) is 0 Å². The lowest BCUT2D eigenvalue weighted by Gasteiger charge is -2.30. The van der Waals surface area contributed by atoms with Crippen LogP contribution in [0.15, 0.2) is 42.5 Å². The Hall–Kier alpha value is -2.06. The van der Waals surface area contributed by atoms with Crippen molar-refractivity contribution in [3.05, 3.63) is 59.2 Å². The third-order valence-electron chi connectivity index (χ3n) is 4.57. The number of nitrogens with one attached hydrogen (secondary N) is 1. The number of fused-ring (bicyclic) bond motifs is 1. The van der Waals surface area contributed by atoms with Crippen molar-refractivity contribution in [2.45, 2.75) is 32.4 Å². The summed E-state index contributed by atoms with van der Waals surface area (Å²) >= 11 is 0. The zero-order chi connectivity index (χ0) is 19.7. The first-order valence-corrected chi connectivity index (χ1v) is 12.2. The Morgan fingerprint density at radius 1 is 1.07 bits per heavy atom. The van der Waals surface area contributed by atoms with E-state index in [0.29, 0.717) is 24.3 Å². The van der Waals surface area contributed by atoms with Gasteiger partial charge in [-0.25, -0.2) is 16.8 Å². The molecule has 0 amide bonds. The fourth-order valence-electron chi connectivity index (χ4n) is 3.31. The van der Waals surface area contributed by atoms with Crippen molar-refractivity contribution in [2.75, 3.05) is 21.3 Å². The van der Waals surface area contributed by atoms with Crippen molar-refractivity contribution in [1.29, 1.82) is 0 Å². The van der Waals surface area contributed by atoms with E-state index in [-0.39, 0.29) is 11.5 Å². The highest BCUT2D eigenvalue weighted by Crippen LogP contribution is 2.32. The van der Waals surface area contributed by atoms with Crippen LogP contribution in [0.4, 0.5) is 11.4 Å². The quantitative estimate of drug-likeness (QED) is 0.796. The lowest BCUT2D eigenvalue weighted by Crippen LogP contribution is -2.36. The van der Waals surface area contributed by atoms with Gasteiger partial charge in [0.1, 0.15) is 0 Å². The van der Waals surface area contributed by atoms with Gasteiger partial charge in [0.15, 0.2) is 0 Å². The van der Waals surface area contributed by atoms with Gasteiger partial charge in [0, 0.05) is 12.2 Å². The number of hydrogen-bond acceptors (Lipinski definition) is 4. The number of aryl methyl sites for hydroxylation is 2. The van der Waals surface area contributed by atoms with Gasteiger partial charge in [-0.1, -0.05) is 29.8 Å². The lowest BCUT2D eigenvalue weighted by molar-refractivity contribution is 0.587. The molecule has 1 N–H and O–H groups in total. The first kappa shape index (κ1) is 19.7. The zero-order valence-electron chi connectivity index (χ0n) is 15.5. The second-order valence-electron chi connectivity index (χ2n) is 6.77. The molecule has 1 aliphatic rings. The summed E-state index contributed by atoms with van der Waals surface area (Å²) in [5, 5.41) is 0. The predicted octanol–water partition coefficient (Wildman–Crippen LogP) is 3.04. The summed E-state index contributed by atoms with van der Waals surface area (Å²) in [7, 11) is -6.89. The second-order valence-corrected chi connectivity index (χ2v) is 10.7. The number of sulfonamides is 2. The fourth-order valence-corrected chi connectivity index (χ4v) is 5.68. The van der Waals surface area contributed by atoms with Crippen molar-refractivity contribution in [1.82, 2.24) is 0 Å². The fraction of sp³-hybridized carbons (Fsp3) is 0.368. The standard InChI is InChI=1S/C19H24N2O4S2/c1-3-27(24,25)21-11-5-8-17-13-18(9-10-19(17)21)20-26(22,23)14-16-7-4-6-15(2)12-16/h4,6-7,9-10,12-13,20H,3,5,8,11,14H2,1-2H3. The normalized spacial score (nSPS) is 14.7. The molecule has 27 heavy (non-hydrogen) atoms. The van der Waals surface area contributed by atoms with Crippen LogP contribution in [0.5, 0.6) is 0 Å². The minimum absolute atomic E-state index is 0.0390. The van der Waals surface area contributed by atoms with Crippen molar-refractivity contribution in [3.8, 4) is 0 Å². The van der Waals surface area contributed by atoms with E-state index in [2.05, 4.69) is 4.72 Å². The highest BCUT2D eigenvalue weighted by atomic mass is 32.2. The molecular formula is C19H24N2O4S2. The molecule has 0 saturated carbocycles. The third-order valence-corrected chi connectivity index (χ3v) is 7.61. The van der Waals surface area contributed by atoms with Crippen LogP contribution in [0.2, 0.25) is 0 Å². The van der Waals surface area contributed by atoms with Gasteiger partial charge in [-0.15, -0.1) is 0 Å². The van der Waals surface area contributed by atoms with E-state index in [0.717, 1.165) is 23.1 Å². The Kier molecular flexibility index (Phi) is 5.48. The monoisotopic (exact) mass is 408 g/mol. The zero-order valence-corrected chi connectivity index (χ0v) is 17.1. The number of hydrogen-bond donors (Lipinski definition) is 1. The van der Waals surface area contributed by atoms with Gasteiger partial charge in [0.25, 0.3) is 0 Å². The number of benzene rings is 2. The average molecular weight is 409 g/mol. The maximum Gasteiger partial charge on any atom is 0.236 e. The predicted molar refractivity (Wildman–Crippen MR) is 109 cm³/mol. The van der Waals surface area contributed by atoms with Crippen LogP contribution in [0, 0.1) is 6.92 Å². The van der Waals surface area contributed by atoms with E-state index >= 15 is 0 Å². The Balaban J connectivity index is 1.83. The molecule has 0 aromatic heterocycles. The van der Waals surface area contributed by atoms with Crippen LogP contribution in [-0.2, 0) is 32.2 Å². The number of anilines is 2. The maximum atomic E-state index is 12.5. The Morgan fingerprint density at radius 3 is 2.56 bits per heavy atom. The molecule has 1 heterocycles. The first-order valence-electron chi connectivity index (χ1n) is 8.89. The van der Waals surface area contributed by atoms with Crippen LogP contribution in [0.3, 0.4) is 0 Å². The minimum Gasteiger partial charge on any atom is -0.283 e. The van der Waals surface area contributed by atoms with Crippen molar-refractivity contribution in [3.63, 3.8) is 0 Å². The Labute approximate surface area is 161 Å². The van der Waals surface area contributed by atoms with Gasteiger partial charge in [-0.05, 0) is 56.0 Å². The van der Waals surface area contributed by atoms with E-state index in [9.17, 15) is 16.8 Å². The summed E-state index contributed by atoms with van der Waals surface area (Å²) in [6.07, 6.45) is 1.43. The van der Waals surface area contributed by atoms with Crippen molar-refractivity contribution in [2.24, 2.45) is 0 Å². The molecule has 0 saturated heterocycles. The molecule has 1 aliphatic heterocycles. The maximum absolute atomic E-state index is 12.5. The molecule has 0 fully saturated rings. The topological polar surface area (TPSA) is 83.6 Å². The smallest absolute Gasteiger partial charge is 0.236 e. The van der Waals surface area contributed by atoms with Gasteiger partial charge in [0.05, 0.1) is 17.2 Å². The van der Waals surface area contributed by atoms with Gasteiger partial charge >= 0.3 is 0 Å². The molecule has 3 rings (SSSR count). The van der Waals surface area contributed by atoms with Gasteiger partial charge in [0.2, 0.25) is 20.0 Å². The van der Waals surface area contributed by atoms with E-state index in [4.69, 9.17) is 0 Å². The molecule has 2 aromatic carbocycles. The lowest BCUT2D eigenvalue weighted by atomic mass is 10.0. The molecule has 146 valence electrons. The van der Waals surface area contributed by atoms with Crippen LogP contribution < -0.4 is 9.03 Å². The molecule has 8 heteroatoms. The summed E-state index contributed by atoms with van der Waals surface area (Å²) in [6.45, 7) is 4.00. The van der Waals surface area contributed by atoms with Crippen molar-refractivity contribution < 1.29 is 16.8 Å². The second kappa shape index (κ2) is 7.52. The van der Waals surface area contributed by atoms with Gasteiger partial charge in [-0.3, -0.25) is 9.03 Å². The van der Waals surface area contributed by atoms with Gasteiger partial charge in [-0.2, -0.15) is 0 Å². The molecule has 0 spiro atoms. The summed E-state index contributed by atoms with van der Waals surface area (Å²) in [4.78, 5) is 0. The molecule has 0 aliphatic carbocycles. The molecule has 0 bridgehead atoms. The highest BCUT2D eigenvalue weighted by molar-refractivity contribution is 7.92. The minimum atomic E-state index is -3.56. The highest BCUT2D eigenvalue weighted by Gasteiger charge is 2.26. The van der Waals surface area contributed by atoms with E-state index in [1.165, 1.54) is 4.31 Å². The molecule has 0 radical (unpaired) electrons. The summed E-state index contributed by atoms with van der Waals surface area (Å²) < 4.78 is 53.6. The number of nitrogens with zero attached hydrogens (tertiary/aromatic N) is 1. The third kappa shape index (κ3) is 4.62. The largest absolute Gasteiger partial charge is 0.283 e. The molecule has 2 aromatic rings. The molecule has 6 nitrogen and oxygen atoms in total. The SMILES string of the molecule is CCS(=O)(=O)N1CCCc2cc(NS(=O)(=O)Cc3cccc(C)c3)ccc21. The Morgan fingerprint density at radius 2 is 1.85 bits per heavy atom. The van der Waals surface area contributed by atoms with Crippen molar-refractivity contribution >= 4 is 31.4 Å². The summed E-state index contributed by atoms with van der Waals surface area (Å²) in [6, 6.07) is 12.4. The summed E-state index contributed by atoms with van der Waals surface area (Å²) in [5.74, 6) is -0.0700. The van der Waals surface area contributed by atoms with E-state index < -0.39 is 20.0 Å². The van der Waals surface area contributed by atoms with Crippen LogP contribution >= 0.6 is 0 Å². The Bertz CT molecular complexity index is 1050. The molecular weight excluding hydrogens is 384 g/mol. The molecule has 0 atom stereocenters. The first-order chi connectivity index (χ1) is 12.7.